The van der Waals surface area contributed by atoms with Gasteiger partial charge in [-0.05, 0) is 44.0 Å². The first-order chi connectivity index (χ1) is 9.24. The lowest BCUT2D eigenvalue weighted by Gasteiger charge is -2.34. The highest BCUT2D eigenvalue weighted by molar-refractivity contribution is 5.41. The van der Waals surface area contributed by atoms with Gasteiger partial charge in [-0.15, -0.1) is 0 Å². The summed E-state index contributed by atoms with van der Waals surface area (Å²) in [4.78, 5) is 2.44. The third-order valence-electron chi connectivity index (χ3n) is 4.02. The Labute approximate surface area is 117 Å². The number of hydrogen-bond acceptors (Lipinski definition) is 1. The lowest BCUT2D eigenvalue weighted by molar-refractivity contribution is 0.251. The summed E-state index contributed by atoms with van der Waals surface area (Å²) >= 11 is 0. The molecule has 2 aliphatic carbocycles. The van der Waals surface area contributed by atoms with E-state index in [0.29, 0.717) is 12.0 Å². The molecule has 0 aromatic rings. The van der Waals surface area contributed by atoms with Crippen molar-refractivity contribution in [1.29, 1.82) is 0 Å². The van der Waals surface area contributed by atoms with Crippen LogP contribution in [-0.2, 0) is 0 Å². The van der Waals surface area contributed by atoms with Gasteiger partial charge in [-0.25, -0.2) is 0 Å². The molecule has 102 valence electrons. The average molecular weight is 255 g/mol. The molecule has 0 amide bonds. The summed E-state index contributed by atoms with van der Waals surface area (Å²) in [6.45, 7) is 7.74. The summed E-state index contributed by atoms with van der Waals surface area (Å²) in [5, 5.41) is 0. The Hall–Kier alpha value is -1.34. The SMILES string of the molecule is C=C(C1=CC=CCC1)C1C=CC=CC1N(C)CCC. The highest BCUT2D eigenvalue weighted by Gasteiger charge is 2.26. The maximum absolute atomic E-state index is 4.38. The van der Waals surface area contributed by atoms with E-state index in [4.69, 9.17) is 0 Å². The zero-order chi connectivity index (χ0) is 13.7. The molecule has 0 heterocycles. The molecule has 1 heteroatoms. The van der Waals surface area contributed by atoms with Crippen LogP contribution in [0.25, 0.3) is 0 Å². The fraction of sp³-hybridized carbons (Fsp3) is 0.444. The molecule has 0 bridgehead atoms. The minimum absolute atomic E-state index is 0.416. The first-order valence-electron chi connectivity index (χ1n) is 7.34. The summed E-state index contributed by atoms with van der Waals surface area (Å²) < 4.78 is 0. The summed E-state index contributed by atoms with van der Waals surface area (Å²) in [6, 6.07) is 0.448. The summed E-state index contributed by atoms with van der Waals surface area (Å²) in [7, 11) is 2.22. The normalized spacial score (nSPS) is 25.7. The van der Waals surface area contributed by atoms with Crippen molar-refractivity contribution in [3.63, 3.8) is 0 Å². The van der Waals surface area contributed by atoms with Crippen LogP contribution in [-0.4, -0.2) is 24.5 Å². The molecule has 0 aromatic carbocycles. The highest BCUT2D eigenvalue weighted by Crippen LogP contribution is 2.31. The lowest BCUT2D eigenvalue weighted by atomic mass is 9.82. The van der Waals surface area contributed by atoms with Gasteiger partial charge >= 0.3 is 0 Å². The van der Waals surface area contributed by atoms with E-state index in [1.54, 1.807) is 0 Å². The molecule has 2 rings (SSSR count). The molecule has 1 nitrogen and oxygen atoms in total. The Morgan fingerprint density at radius 1 is 1.32 bits per heavy atom. The van der Waals surface area contributed by atoms with Gasteiger partial charge in [0.25, 0.3) is 0 Å². The quantitative estimate of drug-likeness (QED) is 0.709. The van der Waals surface area contributed by atoms with Crippen LogP contribution in [0.4, 0.5) is 0 Å². The monoisotopic (exact) mass is 255 g/mol. The molecule has 0 radical (unpaired) electrons. The van der Waals surface area contributed by atoms with Crippen molar-refractivity contribution in [2.75, 3.05) is 13.6 Å². The van der Waals surface area contributed by atoms with Gasteiger partial charge in [0.05, 0.1) is 0 Å². The molecule has 0 aliphatic heterocycles. The molecule has 2 atom stereocenters. The molecule has 0 saturated carbocycles. The topological polar surface area (TPSA) is 3.24 Å². The Morgan fingerprint density at radius 2 is 2.11 bits per heavy atom. The van der Waals surface area contributed by atoms with E-state index in [2.05, 4.69) is 68.0 Å². The molecule has 0 N–H and O–H groups in total. The Balaban J connectivity index is 2.14. The third kappa shape index (κ3) is 3.36. The Bertz CT molecular complexity index is 437. The van der Waals surface area contributed by atoms with E-state index in [1.165, 1.54) is 17.6 Å². The summed E-state index contributed by atoms with van der Waals surface area (Å²) in [5.74, 6) is 0.416. The minimum Gasteiger partial charge on any atom is -0.299 e. The van der Waals surface area contributed by atoms with Gasteiger partial charge in [0.15, 0.2) is 0 Å². The maximum Gasteiger partial charge on any atom is 0.0381 e. The second-order valence-corrected chi connectivity index (χ2v) is 5.45. The van der Waals surface area contributed by atoms with Crippen LogP contribution in [0.1, 0.15) is 26.2 Å². The van der Waals surface area contributed by atoms with Crippen molar-refractivity contribution < 1.29 is 0 Å². The number of allylic oxidation sites excluding steroid dienone is 6. The number of hydrogen-bond donors (Lipinski definition) is 0. The Kier molecular flexibility index (Phi) is 4.98. The molecule has 19 heavy (non-hydrogen) atoms. The fourth-order valence-electron chi connectivity index (χ4n) is 2.92. The fourth-order valence-corrected chi connectivity index (χ4v) is 2.92. The molecule has 0 fully saturated rings. The van der Waals surface area contributed by atoms with Crippen LogP contribution in [0.2, 0.25) is 0 Å². The number of likely N-dealkylation sites (N-methyl/N-ethyl adjacent to an activating group) is 1. The zero-order valence-electron chi connectivity index (χ0n) is 12.2. The van der Waals surface area contributed by atoms with Crippen LogP contribution >= 0.6 is 0 Å². The summed E-state index contributed by atoms with van der Waals surface area (Å²) in [6.07, 6.45) is 19.0. The average Bonchev–Trinajstić information content (AvgIpc) is 2.47. The van der Waals surface area contributed by atoms with E-state index in [9.17, 15) is 0 Å². The van der Waals surface area contributed by atoms with Crippen molar-refractivity contribution in [3.8, 4) is 0 Å². The van der Waals surface area contributed by atoms with Crippen molar-refractivity contribution in [3.05, 3.63) is 60.3 Å². The van der Waals surface area contributed by atoms with Crippen molar-refractivity contribution in [1.82, 2.24) is 4.90 Å². The standard InChI is InChI=1S/C18H25N/c1-4-14-19(3)18-13-9-8-12-17(18)15(2)16-10-6-5-7-11-16/h5-6,8-10,12-13,17-18H,2,4,7,11,14H2,1,3H3. The van der Waals surface area contributed by atoms with Gasteiger partial charge in [0, 0.05) is 12.0 Å². The lowest BCUT2D eigenvalue weighted by Crippen LogP contribution is -2.38. The van der Waals surface area contributed by atoms with Crippen molar-refractivity contribution in [2.45, 2.75) is 32.2 Å². The predicted molar refractivity (Wildman–Crippen MR) is 84.1 cm³/mol. The van der Waals surface area contributed by atoms with E-state index >= 15 is 0 Å². The molecule has 2 unspecified atom stereocenters. The molecular weight excluding hydrogens is 230 g/mol. The van der Waals surface area contributed by atoms with E-state index in [1.807, 2.05) is 0 Å². The van der Waals surface area contributed by atoms with Crippen LogP contribution in [0, 0.1) is 5.92 Å². The van der Waals surface area contributed by atoms with E-state index < -0.39 is 0 Å². The smallest absolute Gasteiger partial charge is 0.0381 e. The minimum atomic E-state index is 0.416. The highest BCUT2D eigenvalue weighted by atomic mass is 15.1. The first-order valence-corrected chi connectivity index (χ1v) is 7.34. The van der Waals surface area contributed by atoms with E-state index in [-0.39, 0.29) is 0 Å². The van der Waals surface area contributed by atoms with Gasteiger partial charge < -0.3 is 0 Å². The molecule has 0 spiro atoms. The third-order valence-corrected chi connectivity index (χ3v) is 4.02. The number of rotatable bonds is 5. The second kappa shape index (κ2) is 6.72. The molecule has 0 aromatic heterocycles. The molecular formula is C18H25N. The number of nitrogens with zero attached hydrogens (tertiary/aromatic N) is 1. The van der Waals surface area contributed by atoms with Crippen LogP contribution in [0.15, 0.2) is 60.3 Å². The van der Waals surface area contributed by atoms with Crippen LogP contribution in [0.5, 0.6) is 0 Å². The zero-order valence-corrected chi connectivity index (χ0v) is 12.2. The van der Waals surface area contributed by atoms with Crippen molar-refractivity contribution >= 4 is 0 Å². The van der Waals surface area contributed by atoms with Gasteiger partial charge in [0.1, 0.15) is 0 Å². The predicted octanol–water partition coefficient (Wildman–Crippen LogP) is 4.27. The first kappa shape index (κ1) is 14.1. The molecule has 0 saturated heterocycles. The summed E-state index contributed by atoms with van der Waals surface area (Å²) in [5.41, 5.74) is 2.71. The largest absolute Gasteiger partial charge is 0.299 e. The maximum atomic E-state index is 4.38. The van der Waals surface area contributed by atoms with Crippen LogP contribution < -0.4 is 0 Å². The van der Waals surface area contributed by atoms with Gasteiger partial charge in [-0.1, -0.05) is 56.0 Å². The van der Waals surface area contributed by atoms with Crippen LogP contribution in [0.3, 0.4) is 0 Å². The molecule has 2 aliphatic rings. The van der Waals surface area contributed by atoms with Gasteiger partial charge in [0.2, 0.25) is 0 Å². The van der Waals surface area contributed by atoms with E-state index in [0.717, 1.165) is 19.4 Å². The van der Waals surface area contributed by atoms with Gasteiger partial charge in [-0.3, -0.25) is 4.90 Å². The second-order valence-electron chi connectivity index (χ2n) is 5.45. The Morgan fingerprint density at radius 3 is 2.79 bits per heavy atom. The van der Waals surface area contributed by atoms with Crippen molar-refractivity contribution in [2.24, 2.45) is 5.92 Å². The van der Waals surface area contributed by atoms with Gasteiger partial charge in [-0.2, -0.15) is 0 Å².